The fourth-order valence-corrected chi connectivity index (χ4v) is 3.42. The summed E-state index contributed by atoms with van der Waals surface area (Å²) in [5, 5.41) is 18.5. The van der Waals surface area contributed by atoms with Gasteiger partial charge in [-0.05, 0) is 38.1 Å². The molecule has 2 heterocycles. The molecule has 3 rings (SSSR count). The van der Waals surface area contributed by atoms with E-state index in [9.17, 15) is 0 Å². The van der Waals surface area contributed by atoms with Gasteiger partial charge in [0.15, 0.2) is 5.82 Å². The number of halogens is 1. The third kappa shape index (κ3) is 3.86. The molecule has 0 bridgehead atoms. The van der Waals surface area contributed by atoms with E-state index in [1.807, 2.05) is 36.4 Å². The molecule has 1 aromatic carbocycles. The molecular weight excluding hydrogens is 324 g/mol. The van der Waals surface area contributed by atoms with Crippen molar-refractivity contribution in [3.8, 4) is 11.3 Å². The third-order valence-electron chi connectivity index (χ3n) is 4.66. The Kier molecular flexibility index (Phi) is 5.66. The summed E-state index contributed by atoms with van der Waals surface area (Å²) in [6.45, 7) is 2.86. The topological polar surface area (TPSA) is 52.5 Å². The zero-order valence-electron chi connectivity index (χ0n) is 13.9. The minimum atomic E-state index is 0.214. The van der Waals surface area contributed by atoms with Gasteiger partial charge in [-0.25, -0.2) is 0 Å². The number of benzene rings is 1. The molecule has 0 atom stereocenters. The van der Waals surface area contributed by atoms with E-state index in [4.69, 9.17) is 16.7 Å². The molecule has 0 aliphatic carbocycles. The number of aliphatic hydroxyl groups excluding tert-OH is 1. The molecule has 0 saturated carbocycles. The Morgan fingerprint density at radius 2 is 1.92 bits per heavy atom. The second kappa shape index (κ2) is 7.92. The summed E-state index contributed by atoms with van der Waals surface area (Å²) in [7, 11) is 2.08. The summed E-state index contributed by atoms with van der Waals surface area (Å²) < 4.78 is 0. The van der Waals surface area contributed by atoms with Crippen LogP contribution >= 0.6 is 11.6 Å². The van der Waals surface area contributed by atoms with Crippen molar-refractivity contribution in [3.05, 3.63) is 41.4 Å². The van der Waals surface area contributed by atoms with E-state index in [-0.39, 0.29) is 6.61 Å². The average Bonchev–Trinajstić information content (AvgIpc) is 2.63. The van der Waals surface area contributed by atoms with Crippen LogP contribution in [0, 0.1) is 0 Å². The smallest absolute Gasteiger partial charge is 0.151 e. The molecule has 1 aromatic heterocycles. The fourth-order valence-electron chi connectivity index (χ4n) is 3.18. The Morgan fingerprint density at radius 1 is 1.17 bits per heavy atom. The molecule has 1 saturated heterocycles. The van der Waals surface area contributed by atoms with Crippen LogP contribution in [0.15, 0.2) is 36.4 Å². The van der Waals surface area contributed by atoms with Crippen LogP contribution in [0.4, 0.5) is 5.82 Å². The van der Waals surface area contributed by atoms with Crippen LogP contribution in [0.3, 0.4) is 0 Å². The first kappa shape index (κ1) is 17.1. The molecule has 0 amide bonds. The van der Waals surface area contributed by atoms with Crippen molar-refractivity contribution in [2.24, 2.45) is 0 Å². The Morgan fingerprint density at radius 3 is 2.54 bits per heavy atom. The van der Waals surface area contributed by atoms with Gasteiger partial charge in [-0.15, -0.1) is 10.2 Å². The number of likely N-dealkylation sites (N-methyl/N-ethyl adjacent to an activating group) is 1. The predicted molar refractivity (Wildman–Crippen MR) is 97.4 cm³/mol. The minimum absolute atomic E-state index is 0.214. The quantitative estimate of drug-likeness (QED) is 0.902. The number of aliphatic hydroxyl groups is 1. The van der Waals surface area contributed by atoms with E-state index in [0.29, 0.717) is 11.1 Å². The Labute approximate surface area is 147 Å². The molecule has 0 spiro atoms. The van der Waals surface area contributed by atoms with Gasteiger partial charge in [0.2, 0.25) is 0 Å². The molecule has 1 aliphatic heterocycles. The van der Waals surface area contributed by atoms with Crippen LogP contribution in [0.2, 0.25) is 5.02 Å². The highest BCUT2D eigenvalue weighted by molar-refractivity contribution is 6.33. The number of rotatable bonds is 5. The van der Waals surface area contributed by atoms with Gasteiger partial charge in [0, 0.05) is 31.2 Å². The van der Waals surface area contributed by atoms with Crippen molar-refractivity contribution >= 4 is 17.4 Å². The molecule has 2 aromatic rings. The standard InChI is InChI=1S/C18H23ClN4O/c1-22(12-13-24)14-8-10-23(11-9-14)18-7-6-17(20-21-18)15-4-2-3-5-16(15)19/h2-7,14,24H,8-13H2,1H3. The number of nitrogens with zero attached hydrogens (tertiary/aromatic N) is 4. The molecule has 128 valence electrons. The van der Waals surface area contributed by atoms with Crippen molar-refractivity contribution in [2.75, 3.05) is 38.2 Å². The normalized spacial score (nSPS) is 15.9. The lowest BCUT2D eigenvalue weighted by atomic mass is 10.0. The van der Waals surface area contributed by atoms with Crippen LogP contribution in [0.1, 0.15) is 12.8 Å². The lowest BCUT2D eigenvalue weighted by Gasteiger charge is -2.36. The summed E-state index contributed by atoms with van der Waals surface area (Å²) in [6, 6.07) is 12.2. The summed E-state index contributed by atoms with van der Waals surface area (Å²) in [5.41, 5.74) is 1.70. The lowest BCUT2D eigenvalue weighted by molar-refractivity contribution is 0.161. The number of hydrogen-bond acceptors (Lipinski definition) is 5. The van der Waals surface area contributed by atoms with Gasteiger partial charge in [0.1, 0.15) is 0 Å². The van der Waals surface area contributed by atoms with Crippen LogP contribution < -0.4 is 4.90 Å². The summed E-state index contributed by atoms with van der Waals surface area (Å²) in [6.07, 6.45) is 2.15. The monoisotopic (exact) mass is 346 g/mol. The first-order valence-corrected chi connectivity index (χ1v) is 8.71. The van der Waals surface area contributed by atoms with Gasteiger partial charge in [-0.1, -0.05) is 29.8 Å². The number of aromatic nitrogens is 2. The zero-order chi connectivity index (χ0) is 16.9. The first-order chi connectivity index (χ1) is 11.7. The molecule has 6 heteroatoms. The lowest BCUT2D eigenvalue weighted by Crippen LogP contribution is -2.44. The molecule has 1 N–H and O–H groups in total. The maximum Gasteiger partial charge on any atom is 0.151 e. The van der Waals surface area contributed by atoms with Crippen LogP contribution in [-0.2, 0) is 0 Å². The summed E-state index contributed by atoms with van der Waals surface area (Å²) in [4.78, 5) is 4.51. The highest BCUT2D eigenvalue weighted by Crippen LogP contribution is 2.27. The van der Waals surface area contributed by atoms with Gasteiger partial charge in [0.05, 0.1) is 17.3 Å². The van der Waals surface area contributed by atoms with E-state index < -0.39 is 0 Å². The van der Waals surface area contributed by atoms with Gasteiger partial charge in [-0.3, -0.25) is 0 Å². The molecular formula is C18H23ClN4O. The number of piperidine rings is 1. The SMILES string of the molecule is CN(CCO)C1CCN(c2ccc(-c3ccccc3Cl)nn2)CC1. The highest BCUT2D eigenvalue weighted by Gasteiger charge is 2.23. The maximum atomic E-state index is 9.06. The second-order valence-electron chi connectivity index (χ2n) is 6.18. The molecule has 24 heavy (non-hydrogen) atoms. The van der Waals surface area contributed by atoms with Crippen molar-refractivity contribution in [1.29, 1.82) is 0 Å². The Bertz CT molecular complexity index is 656. The van der Waals surface area contributed by atoms with Crippen LogP contribution in [0.25, 0.3) is 11.3 Å². The fraction of sp³-hybridized carbons (Fsp3) is 0.444. The minimum Gasteiger partial charge on any atom is -0.395 e. The van der Waals surface area contributed by atoms with Crippen molar-refractivity contribution in [3.63, 3.8) is 0 Å². The molecule has 1 aliphatic rings. The van der Waals surface area contributed by atoms with Crippen LogP contribution in [0.5, 0.6) is 0 Å². The highest BCUT2D eigenvalue weighted by atomic mass is 35.5. The van der Waals surface area contributed by atoms with Crippen molar-refractivity contribution < 1.29 is 5.11 Å². The third-order valence-corrected chi connectivity index (χ3v) is 4.99. The number of anilines is 1. The van der Waals surface area contributed by atoms with Gasteiger partial charge in [0.25, 0.3) is 0 Å². The van der Waals surface area contributed by atoms with E-state index >= 15 is 0 Å². The summed E-state index contributed by atoms with van der Waals surface area (Å²) >= 11 is 6.22. The van der Waals surface area contributed by atoms with Crippen LogP contribution in [-0.4, -0.2) is 59.5 Å². The second-order valence-corrected chi connectivity index (χ2v) is 6.59. The maximum absolute atomic E-state index is 9.06. The van der Waals surface area contributed by atoms with Gasteiger partial charge in [-0.2, -0.15) is 0 Å². The summed E-state index contributed by atoms with van der Waals surface area (Å²) in [5.74, 6) is 0.911. The van der Waals surface area contributed by atoms with Crippen molar-refractivity contribution in [2.45, 2.75) is 18.9 Å². The van der Waals surface area contributed by atoms with Gasteiger partial charge >= 0.3 is 0 Å². The first-order valence-electron chi connectivity index (χ1n) is 8.33. The van der Waals surface area contributed by atoms with E-state index in [0.717, 1.165) is 49.6 Å². The zero-order valence-corrected chi connectivity index (χ0v) is 14.7. The van der Waals surface area contributed by atoms with Gasteiger partial charge < -0.3 is 14.9 Å². The molecule has 5 nitrogen and oxygen atoms in total. The average molecular weight is 347 g/mol. The van der Waals surface area contributed by atoms with E-state index in [1.165, 1.54) is 0 Å². The molecule has 0 radical (unpaired) electrons. The number of hydrogen-bond donors (Lipinski definition) is 1. The largest absolute Gasteiger partial charge is 0.395 e. The predicted octanol–water partition coefficient (Wildman–Crippen LogP) is 2.69. The van der Waals surface area contributed by atoms with E-state index in [1.54, 1.807) is 0 Å². The van der Waals surface area contributed by atoms with Crippen molar-refractivity contribution in [1.82, 2.24) is 15.1 Å². The Hall–Kier alpha value is -1.69. The Balaban J connectivity index is 1.64. The molecule has 0 unspecified atom stereocenters. The van der Waals surface area contributed by atoms with E-state index in [2.05, 4.69) is 27.0 Å². The molecule has 1 fully saturated rings.